The SMILES string of the molecule is C=CC1OCC(C)(CC2(C(=O)O)C(Br)=C(Br)C(Br)=C(Br)C2(CC2(C)COC(C=C)OC2)C(=O)O)CO1. The predicted octanol–water partition coefficient (Wildman–Crippen LogP) is 6.06. The molecule has 0 aromatic heterocycles. The summed E-state index contributed by atoms with van der Waals surface area (Å²) in [5.74, 6) is -2.61. The molecule has 3 aliphatic rings. The van der Waals surface area contributed by atoms with Gasteiger partial charge < -0.3 is 29.2 Å². The molecular formula is C24H28Br4O8. The Bertz CT molecular complexity index is 928. The number of hydrogen-bond acceptors (Lipinski definition) is 6. The Labute approximate surface area is 243 Å². The van der Waals surface area contributed by atoms with Crippen LogP contribution in [0.3, 0.4) is 0 Å². The summed E-state index contributed by atoms with van der Waals surface area (Å²) in [6, 6.07) is 0. The Morgan fingerprint density at radius 3 is 1.28 bits per heavy atom. The molecule has 2 aliphatic heterocycles. The zero-order chi connectivity index (χ0) is 27.1. The monoisotopic (exact) mass is 760 g/mol. The van der Waals surface area contributed by atoms with Crippen molar-refractivity contribution in [3.05, 3.63) is 43.2 Å². The molecule has 3 rings (SSSR count). The third-order valence-corrected chi connectivity index (χ3v) is 12.3. The van der Waals surface area contributed by atoms with Crippen molar-refractivity contribution in [2.75, 3.05) is 26.4 Å². The van der Waals surface area contributed by atoms with Crippen LogP contribution in [0.15, 0.2) is 43.2 Å². The summed E-state index contributed by atoms with van der Waals surface area (Å²) in [6.07, 6.45) is 1.58. The van der Waals surface area contributed by atoms with Crippen molar-refractivity contribution in [2.24, 2.45) is 21.7 Å². The molecule has 1 aliphatic carbocycles. The highest BCUT2D eigenvalue weighted by Crippen LogP contribution is 2.68. The zero-order valence-electron chi connectivity index (χ0n) is 19.8. The first kappa shape index (κ1) is 30.2. The van der Waals surface area contributed by atoms with Crippen LogP contribution in [0.25, 0.3) is 0 Å². The first-order valence-corrected chi connectivity index (χ1v) is 14.2. The van der Waals surface area contributed by atoms with Gasteiger partial charge in [-0.25, -0.2) is 0 Å². The lowest BCUT2D eigenvalue weighted by Crippen LogP contribution is -2.60. The molecule has 2 saturated heterocycles. The number of ether oxygens (including phenoxy) is 4. The average Bonchev–Trinajstić information content (AvgIpc) is 2.84. The van der Waals surface area contributed by atoms with E-state index in [9.17, 15) is 19.8 Å². The zero-order valence-corrected chi connectivity index (χ0v) is 26.2. The summed E-state index contributed by atoms with van der Waals surface area (Å²) in [6.45, 7) is 11.6. The van der Waals surface area contributed by atoms with Crippen molar-refractivity contribution in [1.29, 1.82) is 0 Å². The third-order valence-electron chi connectivity index (χ3n) is 6.94. The van der Waals surface area contributed by atoms with Gasteiger partial charge in [0.1, 0.15) is 10.8 Å². The summed E-state index contributed by atoms with van der Waals surface area (Å²) in [5.41, 5.74) is -5.60. The number of halogens is 4. The Hall–Kier alpha value is -0.340. The minimum atomic E-state index is -1.96. The van der Waals surface area contributed by atoms with Gasteiger partial charge in [-0.3, -0.25) is 9.59 Å². The maximum absolute atomic E-state index is 13.4. The summed E-state index contributed by atoms with van der Waals surface area (Å²) in [4.78, 5) is 26.8. The lowest BCUT2D eigenvalue weighted by molar-refractivity contribution is -0.224. The maximum atomic E-state index is 13.4. The number of allylic oxidation sites excluding steroid dienone is 2. The second-order valence-corrected chi connectivity index (χ2v) is 13.3. The largest absolute Gasteiger partial charge is 0.481 e. The molecule has 2 fully saturated rings. The number of carboxylic acid groups (broad SMARTS) is 2. The van der Waals surface area contributed by atoms with Crippen LogP contribution in [0.1, 0.15) is 26.7 Å². The number of aliphatic carboxylic acids is 2. The molecule has 2 unspecified atom stereocenters. The van der Waals surface area contributed by atoms with Crippen LogP contribution in [-0.4, -0.2) is 61.2 Å². The summed E-state index contributed by atoms with van der Waals surface area (Å²) < 4.78 is 24.1. The highest BCUT2D eigenvalue weighted by molar-refractivity contribution is 9.17. The average molecular weight is 764 g/mol. The first-order chi connectivity index (χ1) is 16.7. The predicted molar refractivity (Wildman–Crippen MR) is 147 cm³/mol. The summed E-state index contributed by atoms with van der Waals surface area (Å²) >= 11 is 13.9. The molecule has 12 heteroatoms. The molecule has 0 aromatic carbocycles. The Morgan fingerprint density at radius 1 is 0.778 bits per heavy atom. The van der Waals surface area contributed by atoms with Crippen LogP contribution in [0.5, 0.6) is 0 Å². The third kappa shape index (κ3) is 5.01. The van der Waals surface area contributed by atoms with E-state index in [1.807, 2.05) is 13.8 Å². The lowest BCUT2D eigenvalue weighted by atomic mass is 9.51. The van der Waals surface area contributed by atoms with Crippen molar-refractivity contribution in [2.45, 2.75) is 39.3 Å². The van der Waals surface area contributed by atoms with Gasteiger partial charge in [-0.15, -0.1) is 0 Å². The number of carboxylic acids is 2. The summed E-state index contributed by atoms with van der Waals surface area (Å²) in [7, 11) is 0. The molecule has 0 aromatic rings. The van der Waals surface area contributed by atoms with Crippen LogP contribution in [-0.2, 0) is 28.5 Å². The van der Waals surface area contributed by atoms with E-state index >= 15 is 0 Å². The molecule has 0 bridgehead atoms. The van der Waals surface area contributed by atoms with E-state index in [1.165, 1.54) is 12.2 Å². The molecule has 2 N–H and O–H groups in total. The standard InChI is InChI=1S/C24H28Br4O8/c1-5-13-33-9-21(3,10-34-13)7-23(19(29)30)17(27)15(25)16(26)18(28)24(23,20(31)32)8-22(4)11-35-14(6-2)36-12-22/h5-6,13-14H,1-2,7-12H2,3-4H3,(H,29,30)(H,31,32). The topological polar surface area (TPSA) is 112 Å². The smallest absolute Gasteiger partial charge is 0.316 e. The summed E-state index contributed by atoms with van der Waals surface area (Å²) in [5, 5.41) is 21.8. The Morgan fingerprint density at radius 2 is 1.06 bits per heavy atom. The highest BCUT2D eigenvalue weighted by Gasteiger charge is 2.70. The van der Waals surface area contributed by atoms with Gasteiger partial charge in [-0.05, 0) is 56.9 Å². The second kappa shape index (κ2) is 11.0. The molecule has 8 nitrogen and oxygen atoms in total. The van der Waals surface area contributed by atoms with E-state index in [1.54, 1.807) is 0 Å². The molecule has 0 amide bonds. The Balaban J connectivity index is 2.22. The maximum Gasteiger partial charge on any atom is 0.316 e. The quantitative estimate of drug-likeness (QED) is 0.288. The van der Waals surface area contributed by atoms with Crippen LogP contribution < -0.4 is 0 Å². The van der Waals surface area contributed by atoms with Gasteiger partial charge in [-0.1, -0.05) is 58.9 Å². The second-order valence-electron chi connectivity index (χ2n) is 10.1. The molecular weight excluding hydrogens is 736 g/mol. The highest BCUT2D eigenvalue weighted by atomic mass is 79.9. The van der Waals surface area contributed by atoms with Gasteiger partial charge in [0.25, 0.3) is 0 Å². The van der Waals surface area contributed by atoms with Crippen LogP contribution in [0, 0.1) is 21.7 Å². The van der Waals surface area contributed by atoms with E-state index in [0.29, 0.717) is 8.96 Å². The normalized spacial score (nSPS) is 39.6. The minimum Gasteiger partial charge on any atom is -0.481 e. The van der Waals surface area contributed by atoms with Crippen molar-refractivity contribution >= 4 is 75.7 Å². The molecule has 2 atom stereocenters. The van der Waals surface area contributed by atoms with Crippen LogP contribution in [0.2, 0.25) is 0 Å². The van der Waals surface area contributed by atoms with Crippen LogP contribution in [0.4, 0.5) is 0 Å². The first-order valence-electron chi connectivity index (χ1n) is 11.0. The fourth-order valence-corrected chi connectivity index (χ4v) is 8.47. The van der Waals surface area contributed by atoms with Gasteiger partial charge in [0.05, 0.1) is 26.4 Å². The van der Waals surface area contributed by atoms with Crippen molar-refractivity contribution in [3.63, 3.8) is 0 Å². The Kier molecular flexibility index (Phi) is 9.26. The van der Waals surface area contributed by atoms with E-state index < -0.39 is 46.2 Å². The van der Waals surface area contributed by atoms with Gasteiger partial charge in [0.15, 0.2) is 12.6 Å². The fraction of sp³-hybridized carbons (Fsp3) is 0.583. The fourth-order valence-electron chi connectivity index (χ4n) is 5.17. The molecule has 0 spiro atoms. The van der Waals surface area contributed by atoms with Crippen LogP contribution >= 0.6 is 63.7 Å². The minimum absolute atomic E-state index is 0.108. The van der Waals surface area contributed by atoms with E-state index in [-0.39, 0.29) is 48.2 Å². The molecule has 2 heterocycles. The van der Waals surface area contributed by atoms with Crippen molar-refractivity contribution in [3.8, 4) is 0 Å². The van der Waals surface area contributed by atoms with Gasteiger partial charge in [0, 0.05) is 28.8 Å². The van der Waals surface area contributed by atoms with E-state index in [2.05, 4.69) is 76.9 Å². The molecule has 0 radical (unpaired) electrons. The lowest BCUT2D eigenvalue weighted by Gasteiger charge is -2.54. The van der Waals surface area contributed by atoms with Crippen molar-refractivity contribution < 1.29 is 38.7 Å². The molecule has 0 saturated carbocycles. The van der Waals surface area contributed by atoms with E-state index in [0.717, 1.165) is 0 Å². The van der Waals surface area contributed by atoms with Gasteiger partial charge in [-0.2, -0.15) is 0 Å². The van der Waals surface area contributed by atoms with Gasteiger partial charge >= 0.3 is 11.9 Å². The van der Waals surface area contributed by atoms with Gasteiger partial charge in [0.2, 0.25) is 0 Å². The number of rotatable bonds is 8. The van der Waals surface area contributed by atoms with E-state index in [4.69, 9.17) is 18.9 Å². The molecule has 36 heavy (non-hydrogen) atoms. The number of carbonyl (C=O) groups is 2. The number of hydrogen-bond donors (Lipinski definition) is 2. The van der Waals surface area contributed by atoms with Crippen molar-refractivity contribution in [1.82, 2.24) is 0 Å². The molecule has 200 valence electrons.